The Morgan fingerprint density at radius 3 is 1.73 bits per heavy atom. The van der Waals surface area contributed by atoms with Crippen LogP contribution in [0.25, 0.3) is 0 Å². The van der Waals surface area contributed by atoms with Gasteiger partial charge in [-0.05, 0) is 42.8 Å². The molecule has 3 aromatic carbocycles. The van der Waals surface area contributed by atoms with Gasteiger partial charge < -0.3 is 9.64 Å². The molecule has 0 atom stereocenters. The van der Waals surface area contributed by atoms with E-state index in [4.69, 9.17) is 4.74 Å². The molecule has 0 aliphatic rings. The Morgan fingerprint density at radius 2 is 1.27 bits per heavy atom. The molecule has 3 heteroatoms. The zero-order valence-corrected chi connectivity index (χ0v) is 14.7. The van der Waals surface area contributed by atoms with Crippen LogP contribution in [0.1, 0.15) is 13.3 Å². The van der Waals surface area contributed by atoms with Gasteiger partial charge in [0, 0.05) is 23.1 Å². The lowest BCUT2D eigenvalue weighted by Crippen LogP contribution is -2.18. The summed E-state index contributed by atoms with van der Waals surface area (Å²) >= 11 is 0. The predicted molar refractivity (Wildman–Crippen MR) is 105 cm³/mol. The Bertz CT molecular complexity index is 819. The molecule has 0 unspecified atom stereocenters. The summed E-state index contributed by atoms with van der Waals surface area (Å²) < 4.78 is 5.43. The second-order valence-corrected chi connectivity index (χ2v) is 5.73. The molecule has 0 radical (unpaired) electrons. The molecule has 0 saturated heterocycles. The Hall–Kier alpha value is -3.33. The van der Waals surface area contributed by atoms with Crippen molar-refractivity contribution in [3.63, 3.8) is 0 Å². The molecule has 0 heterocycles. The zero-order chi connectivity index (χ0) is 18.2. The first-order chi connectivity index (χ1) is 12.8. The van der Waals surface area contributed by atoms with Crippen LogP contribution >= 0.6 is 0 Å². The fourth-order valence-electron chi connectivity index (χ4n) is 2.73. The van der Waals surface area contributed by atoms with E-state index in [1.807, 2.05) is 85.8 Å². The number of carbonyl (C=O) groups excluding carboxylic acids is 1. The van der Waals surface area contributed by atoms with Crippen molar-refractivity contribution in [3.8, 4) is 5.75 Å². The first kappa shape index (κ1) is 17.5. The first-order valence-corrected chi connectivity index (χ1v) is 8.65. The van der Waals surface area contributed by atoms with E-state index in [0.717, 1.165) is 17.1 Å². The molecule has 0 fully saturated rings. The van der Waals surface area contributed by atoms with Gasteiger partial charge in [-0.25, -0.2) is 4.79 Å². The Labute approximate surface area is 154 Å². The number of nitrogens with zero attached hydrogens (tertiary/aromatic N) is 1. The molecule has 0 aliphatic heterocycles. The van der Waals surface area contributed by atoms with Crippen molar-refractivity contribution in [2.45, 2.75) is 13.3 Å². The summed E-state index contributed by atoms with van der Waals surface area (Å²) in [6.07, 6.45) is 2.25. The van der Waals surface area contributed by atoms with Gasteiger partial charge in [0.05, 0.1) is 0 Å². The van der Waals surface area contributed by atoms with Crippen LogP contribution in [0.2, 0.25) is 0 Å². The molecule has 3 aromatic rings. The van der Waals surface area contributed by atoms with E-state index in [1.54, 1.807) is 18.2 Å². The molecule has 0 N–H and O–H groups in total. The number of benzene rings is 3. The number of allylic oxidation sites excluding steroid dienone is 1. The largest absolute Gasteiger partial charge is 0.423 e. The molecule has 0 aliphatic carbocycles. The maximum absolute atomic E-state index is 12.4. The SMILES string of the molecule is CC/C(=C\C(=O)Oc1ccccc1)N(c1ccccc1)c1ccccc1. The summed E-state index contributed by atoms with van der Waals surface area (Å²) in [5.74, 6) is 0.153. The fraction of sp³-hybridized carbons (Fsp3) is 0.0870. The minimum absolute atomic E-state index is 0.384. The molecule has 3 nitrogen and oxygen atoms in total. The van der Waals surface area contributed by atoms with E-state index < -0.39 is 0 Å². The summed E-state index contributed by atoms with van der Waals surface area (Å²) in [7, 11) is 0. The fourth-order valence-corrected chi connectivity index (χ4v) is 2.73. The number of para-hydroxylation sites is 3. The lowest BCUT2D eigenvalue weighted by Gasteiger charge is -2.27. The van der Waals surface area contributed by atoms with Crippen molar-refractivity contribution in [1.82, 2.24) is 0 Å². The van der Waals surface area contributed by atoms with Gasteiger partial charge >= 0.3 is 5.97 Å². The predicted octanol–water partition coefficient (Wildman–Crippen LogP) is 5.72. The number of ether oxygens (including phenoxy) is 1. The zero-order valence-electron chi connectivity index (χ0n) is 14.7. The lowest BCUT2D eigenvalue weighted by molar-refractivity contribution is -0.129. The average molecular weight is 343 g/mol. The van der Waals surface area contributed by atoms with Gasteiger partial charge in [0.1, 0.15) is 5.75 Å². The van der Waals surface area contributed by atoms with Crippen LogP contribution in [0.15, 0.2) is 103 Å². The normalized spacial score (nSPS) is 11.0. The Morgan fingerprint density at radius 1 is 0.808 bits per heavy atom. The van der Waals surface area contributed by atoms with Gasteiger partial charge in [0.25, 0.3) is 0 Å². The Balaban J connectivity index is 1.94. The van der Waals surface area contributed by atoms with Crippen molar-refractivity contribution < 1.29 is 9.53 Å². The summed E-state index contributed by atoms with van der Waals surface area (Å²) in [5.41, 5.74) is 2.86. The van der Waals surface area contributed by atoms with Gasteiger partial charge in [-0.3, -0.25) is 0 Å². The van der Waals surface area contributed by atoms with Gasteiger partial charge in [-0.2, -0.15) is 0 Å². The second-order valence-electron chi connectivity index (χ2n) is 5.73. The van der Waals surface area contributed by atoms with Gasteiger partial charge in [-0.15, -0.1) is 0 Å². The highest BCUT2D eigenvalue weighted by Crippen LogP contribution is 2.30. The standard InChI is InChI=1S/C23H21NO2/c1-2-19(18-23(25)26-22-16-10-5-11-17-22)24(20-12-6-3-7-13-20)21-14-8-4-9-15-21/h3-18H,2H2,1H3/b19-18+. The molecular formula is C23H21NO2. The third-order valence-corrected chi connectivity index (χ3v) is 3.92. The van der Waals surface area contributed by atoms with Crippen LogP contribution in [0.5, 0.6) is 5.75 Å². The summed E-state index contributed by atoms with van der Waals surface area (Å²) in [6.45, 7) is 2.03. The molecule has 0 spiro atoms. The van der Waals surface area contributed by atoms with E-state index in [1.165, 1.54) is 0 Å². The number of carbonyl (C=O) groups is 1. The third-order valence-electron chi connectivity index (χ3n) is 3.92. The van der Waals surface area contributed by atoms with Crippen molar-refractivity contribution in [2.24, 2.45) is 0 Å². The summed E-state index contributed by atoms with van der Waals surface area (Å²) in [5, 5.41) is 0. The van der Waals surface area contributed by atoms with Crippen molar-refractivity contribution in [1.29, 1.82) is 0 Å². The van der Waals surface area contributed by atoms with Crippen molar-refractivity contribution >= 4 is 17.3 Å². The smallest absolute Gasteiger partial charge is 0.337 e. The average Bonchev–Trinajstić information content (AvgIpc) is 2.70. The number of hydrogen-bond acceptors (Lipinski definition) is 3. The van der Waals surface area contributed by atoms with Crippen LogP contribution in [0.3, 0.4) is 0 Å². The van der Waals surface area contributed by atoms with Crippen LogP contribution in [0, 0.1) is 0 Å². The van der Waals surface area contributed by atoms with Crippen LogP contribution in [-0.2, 0) is 4.79 Å². The van der Waals surface area contributed by atoms with E-state index >= 15 is 0 Å². The number of anilines is 2. The lowest BCUT2D eigenvalue weighted by atomic mass is 10.1. The topological polar surface area (TPSA) is 29.5 Å². The van der Waals surface area contributed by atoms with E-state index in [9.17, 15) is 4.79 Å². The third kappa shape index (κ3) is 4.39. The second kappa shape index (κ2) is 8.67. The highest BCUT2D eigenvalue weighted by Gasteiger charge is 2.15. The van der Waals surface area contributed by atoms with Crippen molar-refractivity contribution in [3.05, 3.63) is 103 Å². The van der Waals surface area contributed by atoms with Crippen LogP contribution in [-0.4, -0.2) is 5.97 Å². The number of rotatable bonds is 6. The molecular weight excluding hydrogens is 322 g/mol. The van der Waals surface area contributed by atoms with Gasteiger partial charge in [0.2, 0.25) is 0 Å². The quantitative estimate of drug-likeness (QED) is 0.325. The van der Waals surface area contributed by atoms with E-state index in [2.05, 4.69) is 4.90 Å². The molecule has 0 bridgehead atoms. The van der Waals surface area contributed by atoms with Gasteiger partial charge in [0.15, 0.2) is 0 Å². The van der Waals surface area contributed by atoms with E-state index in [0.29, 0.717) is 12.2 Å². The summed E-state index contributed by atoms with van der Waals surface area (Å²) in [6, 6.07) is 29.1. The first-order valence-electron chi connectivity index (χ1n) is 8.65. The maximum Gasteiger partial charge on any atom is 0.337 e. The monoisotopic (exact) mass is 343 g/mol. The van der Waals surface area contributed by atoms with Gasteiger partial charge in [-0.1, -0.05) is 61.5 Å². The van der Waals surface area contributed by atoms with Crippen molar-refractivity contribution in [2.75, 3.05) is 4.90 Å². The molecule has 26 heavy (non-hydrogen) atoms. The summed E-state index contributed by atoms with van der Waals surface area (Å²) in [4.78, 5) is 14.5. The molecule has 3 rings (SSSR count). The molecule has 130 valence electrons. The molecule has 0 amide bonds. The van der Waals surface area contributed by atoms with E-state index in [-0.39, 0.29) is 5.97 Å². The maximum atomic E-state index is 12.4. The Kier molecular flexibility index (Phi) is 5.84. The highest BCUT2D eigenvalue weighted by molar-refractivity contribution is 5.86. The highest BCUT2D eigenvalue weighted by atomic mass is 16.5. The minimum atomic E-state index is -0.384. The number of esters is 1. The van der Waals surface area contributed by atoms with Crippen LogP contribution in [0.4, 0.5) is 11.4 Å². The minimum Gasteiger partial charge on any atom is -0.423 e. The molecule has 0 saturated carbocycles. The molecule has 0 aromatic heterocycles. The van der Waals surface area contributed by atoms with Crippen LogP contribution < -0.4 is 9.64 Å². The number of hydrogen-bond donors (Lipinski definition) is 0.